The molecule has 2 heterocycles. The number of nitrogens with zero attached hydrogens (tertiary/aromatic N) is 2. The molecule has 0 saturated carbocycles. The van der Waals surface area contributed by atoms with E-state index in [2.05, 4.69) is 27.8 Å². The van der Waals surface area contributed by atoms with Crippen molar-refractivity contribution in [3.63, 3.8) is 0 Å². The minimum atomic E-state index is -4.15. The van der Waals surface area contributed by atoms with Crippen LogP contribution in [0.2, 0.25) is 0 Å². The summed E-state index contributed by atoms with van der Waals surface area (Å²) in [7, 11) is 1.68. The molecule has 5 nitrogen and oxygen atoms in total. The van der Waals surface area contributed by atoms with Gasteiger partial charge >= 0.3 is 6.18 Å². The van der Waals surface area contributed by atoms with Gasteiger partial charge in [-0.15, -0.1) is 0 Å². The van der Waals surface area contributed by atoms with Crippen LogP contribution in [0.15, 0.2) is 35.3 Å². The summed E-state index contributed by atoms with van der Waals surface area (Å²) in [5.74, 6) is 0.955. The van der Waals surface area contributed by atoms with Crippen molar-refractivity contribution in [2.45, 2.75) is 37.6 Å². The number of aliphatic imine (C=N–C) groups is 1. The first-order valence-electron chi connectivity index (χ1n) is 9.87. The summed E-state index contributed by atoms with van der Waals surface area (Å²) < 4.78 is 43.7. The number of hydrogen-bond acceptors (Lipinski definition) is 3. The molecule has 0 spiro atoms. The number of guanidine groups is 1. The van der Waals surface area contributed by atoms with E-state index in [1.54, 1.807) is 7.05 Å². The van der Waals surface area contributed by atoms with E-state index in [0.717, 1.165) is 19.4 Å². The topological polar surface area (TPSA) is 48.9 Å². The van der Waals surface area contributed by atoms with Gasteiger partial charge in [0.1, 0.15) is 0 Å². The third-order valence-electron chi connectivity index (χ3n) is 5.34. The molecule has 2 N–H and O–H groups in total. The number of alkyl halides is 3. The van der Waals surface area contributed by atoms with Crippen LogP contribution in [0.1, 0.15) is 30.9 Å². The van der Waals surface area contributed by atoms with Crippen LogP contribution in [0, 0.1) is 5.92 Å². The lowest BCUT2D eigenvalue weighted by atomic mass is 9.89. The molecular weight excluding hydrogens is 369 g/mol. The highest BCUT2D eigenvalue weighted by Gasteiger charge is 2.34. The van der Waals surface area contributed by atoms with E-state index in [1.165, 1.54) is 10.5 Å². The fraction of sp³-hybridized carbons (Fsp3) is 0.650. The maximum absolute atomic E-state index is 12.6. The lowest BCUT2D eigenvalue weighted by molar-refractivity contribution is -0.143. The second-order valence-electron chi connectivity index (χ2n) is 7.54. The molecule has 2 aliphatic rings. The highest BCUT2D eigenvalue weighted by Crippen LogP contribution is 2.33. The van der Waals surface area contributed by atoms with Gasteiger partial charge < -0.3 is 15.4 Å². The Labute approximate surface area is 164 Å². The summed E-state index contributed by atoms with van der Waals surface area (Å²) in [4.78, 5) is 5.68. The molecule has 2 fully saturated rings. The van der Waals surface area contributed by atoms with Crippen molar-refractivity contribution < 1.29 is 17.9 Å². The predicted molar refractivity (Wildman–Crippen MR) is 103 cm³/mol. The van der Waals surface area contributed by atoms with E-state index in [9.17, 15) is 13.2 Å². The van der Waals surface area contributed by atoms with Gasteiger partial charge in [-0.1, -0.05) is 30.3 Å². The number of ether oxygens (including phenoxy) is 1. The summed E-state index contributed by atoms with van der Waals surface area (Å²) in [6, 6.07) is 10.2. The van der Waals surface area contributed by atoms with Crippen molar-refractivity contribution in [1.82, 2.24) is 15.5 Å². The van der Waals surface area contributed by atoms with E-state index in [0.29, 0.717) is 37.9 Å². The summed E-state index contributed by atoms with van der Waals surface area (Å²) in [6.07, 6.45) is -1.34. The molecule has 3 unspecified atom stereocenters. The zero-order valence-electron chi connectivity index (χ0n) is 16.2. The van der Waals surface area contributed by atoms with Gasteiger partial charge in [-0.05, 0) is 24.8 Å². The molecule has 1 aromatic rings. The Bertz CT molecular complexity index is 638. The summed E-state index contributed by atoms with van der Waals surface area (Å²) >= 11 is 0. The van der Waals surface area contributed by atoms with Crippen LogP contribution in [0.5, 0.6) is 0 Å². The lowest BCUT2D eigenvalue weighted by Crippen LogP contribution is -2.47. The number of rotatable bonds is 5. The zero-order chi connectivity index (χ0) is 20.0. The summed E-state index contributed by atoms with van der Waals surface area (Å²) in [5.41, 5.74) is 1.18. The molecule has 0 radical (unpaired) electrons. The minimum Gasteiger partial charge on any atom is -0.373 e. The third kappa shape index (κ3) is 6.10. The van der Waals surface area contributed by atoms with Gasteiger partial charge in [-0.2, -0.15) is 13.2 Å². The standard InChI is InChI=1S/C20H29F3N4O/c1-24-19(26-17-9-10-27(13-17)14-20(21,22)23)25-12-16-8-5-11-28-18(16)15-6-3-2-4-7-15/h2-4,6-7,16-18H,5,8-14H2,1H3,(H2,24,25,26). The van der Waals surface area contributed by atoms with Crippen LogP contribution in [-0.4, -0.2) is 62.9 Å². The van der Waals surface area contributed by atoms with E-state index in [1.807, 2.05) is 18.2 Å². The van der Waals surface area contributed by atoms with Gasteiger partial charge in [0.25, 0.3) is 0 Å². The van der Waals surface area contributed by atoms with Crippen LogP contribution in [-0.2, 0) is 4.74 Å². The highest BCUT2D eigenvalue weighted by atomic mass is 19.4. The molecule has 0 aliphatic carbocycles. The van der Waals surface area contributed by atoms with Crippen LogP contribution in [0.4, 0.5) is 13.2 Å². The average Bonchev–Trinajstić information content (AvgIpc) is 3.11. The molecular formula is C20H29F3N4O. The number of benzene rings is 1. The molecule has 0 amide bonds. The molecule has 3 rings (SSSR count). The molecule has 0 bridgehead atoms. The molecule has 2 aliphatic heterocycles. The van der Waals surface area contributed by atoms with Crippen LogP contribution in [0.3, 0.4) is 0 Å². The Morgan fingerprint density at radius 1 is 1.25 bits per heavy atom. The van der Waals surface area contributed by atoms with Gasteiger partial charge in [0.2, 0.25) is 0 Å². The van der Waals surface area contributed by atoms with E-state index >= 15 is 0 Å². The Morgan fingerprint density at radius 2 is 2.04 bits per heavy atom. The van der Waals surface area contributed by atoms with Crippen molar-refractivity contribution in [2.24, 2.45) is 10.9 Å². The number of nitrogens with one attached hydrogen (secondary N) is 2. The summed E-state index contributed by atoms with van der Waals surface area (Å²) in [5, 5.41) is 6.61. The fourth-order valence-electron chi connectivity index (χ4n) is 4.03. The number of halogens is 3. The fourth-order valence-corrected chi connectivity index (χ4v) is 4.03. The summed E-state index contributed by atoms with van der Waals surface area (Å²) in [6.45, 7) is 1.44. The molecule has 156 valence electrons. The molecule has 0 aromatic heterocycles. The quantitative estimate of drug-likeness (QED) is 0.592. The van der Waals surface area contributed by atoms with Crippen molar-refractivity contribution in [3.8, 4) is 0 Å². The zero-order valence-corrected chi connectivity index (χ0v) is 16.2. The van der Waals surface area contributed by atoms with Crippen molar-refractivity contribution >= 4 is 5.96 Å². The highest BCUT2D eigenvalue weighted by molar-refractivity contribution is 5.80. The average molecular weight is 398 g/mol. The Balaban J connectivity index is 1.50. The van der Waals surface area contributed by atoms with Crippen LogP contribution < -0.4 is 10.6 Å². The molecule has 28 heavy (non-hydrogen) atoms. The second-order valence-corrected chi connectivity index (χ2v) is 7.54. The van der Waals surface area contributed by atoms with Gasteiger partial charge in [-0.25, -0.2) is 0 Å². The third-order valence-corrected chi connectivity index (χ3v) is 5.34. The van der Waals surface area contributed by atoms with E-state index in [4.69, 9.17) is 4.74 Å². The monoisotopic (exact) mass is 398 g/mol. The van der Waals surface area contributed by atoms with Crippen molar-refractivity contribution in [2.75, 3.05) is 39.8 Å². The minimum absolute atomic E-state index is 0.0268. The smallest absolute Gasteiger partial charge is 0.373 e. The van der Waals surface area contributed by atoms with Crippen LogP contribution >= 0.6 is 0 Å². The first-order chi connectivity index (χ1) is 13.4. The van der Waals surface area contributed by atoms with Gasteiger partial charge in [0.15, 0.2) is 5.96 Å². The molecule has 3 atom stereocenters. The molecule has 1 aromatic carbocycles. The predicted octanol–water partition coefficient (Wildman–Crippen LogP) is 2.96. The second kappa shape index (κ2) is 9.60. The number of hydrogen-bond donors (Lipinski definition) is 2. The van der Waals surface area contributed by atoms with Crippen molar-refractivity contribution in [3.05, 3.63) is 35.9 Å². The molecule has 2 saturated heterocycles. The Hall–Kier alpha value is -1.80. The molecule has 8 heteroatoms. The Kier molecular flexibility index (Phi) is 7.18. The van der Waals surface area contributed by atoms with Gasteiger partial charge in [0.05, 0.1) is 12.6 Å². The van der Waals surface area contributed by atoms with E-state index in [-0.39, 0.29) is 12.1 Å². The van der Waals surface area contributed by atoms with Crippen molar-refractivity contribution in [1.29, 1.82) is 0 Å². The number of likely N-dealkylation sites (tertiary alicyclic amines) is 1. The van der Waals surface area contributed by atoms with Crippen LogP contribution in [0.25, 0.3) is 0 Å². The normalized spacial score (nSPS) is 27.0. The largest absolute Gasteiger partial charge is 0.401 e. The van der Waals surface area contributed by atoms with E-state index < -0.39 is 12.7 Å². The Morgan fingerprint density at radius 3 is 2.75 bits per heavy atom. The lowest BCUT2D eigenvalue weighted by Gasteiger charge is -2.33. The SMILES string of the molecule is CN=C(NCC1CCCOC1c1ccccc1)NC1CCN(CC(F)(F)F)C1. The maximum atomic E-state index is 12.6. The first-order valence-corrected chi connectivity index (χ1v) is 9.87. The maximum Gasteiger partial charge on any atom is 0.401 e. The first kappa shape index (κ1) is 20.9. The van der Waals surface area contributed by atoms with Gasteiger partial charge in [-0.3, -0.25) is 9.89 Å². The van der Waals surface area contributed by atoms with Gasteiger partial charge in [0, 0.05) is 45.2 Å².